The van der Waals surface area contributed by atoms with Crippen molar-refractivity contribution in [2.45, 2.75) is 38.1 Å². The van der Waals surface area contributed by atoms with Crippen molar-refractivity contribution in [1.29, 1.82) is 0 Å². The van der Waals surface area contributed by atoms with Crippen LogP contribution in [0.5, 0.6) is 0 Å². The van der Waals surface area contributed by atoms with Crippen molar-refractivity contribution in [1.82, 2.24) is 0 Å². The molecule has 16 heavy (non-hydrogen) atoms. The molecule has 88 valence electrons. The van der Waals surface area contributed by atoms with Crippen LogP contribution in [-0.4, -0.2) is 12.6 Å². The second-order valence-corrected chi connectivity index (χ2v) is 5.03. The van der Waals surface area contributed by atoms with Crippen molar-refractivity contribution in [3.8, 4) is 0 Å². The van der Waals surface area contributed by atoms with E-state index in [2.05, 4.69) is 11.8 Å². The molecular formula is C13H17Cl2N. The maximum atomic E-state index is 6.07. The van der Waals surface area contributed by atoms with Gasteiger partial charge in [-0.1, -0.05) is 24.6 Å². The molecule has 1 fully saturated rings. The predicted octanol–water partition coefficient (Wildman–Crippen LogP) is 4.46. The van der Waals surface area contributed by atoms with Gasteiger partial charge in [-0.15, -0.1) is 11.6 Å². The van der Waals surface area contributed by atoms with Crippen LogP contribution in [0, 0.1) is 0 Å². The summed E-state index contributed by atoms with van der Waals surface area (Å²) in [5.74, 6) is 0.555. The van der Waals surface area contributed by atoms with Gasteiger partial charge in [-0.05, 0) is 37.0 Å². The second-order valence-electron chi connectivity index (χ2n) is 4.33. The first-order chi connectivity index (χ1) is 7.76. The quantitative estimate of drug-likeness (QED) is 0.705. The van der Waals surface area contributed by atoms with Crippen LogP contribution in [0.4, 0.5) is 5.69 Å². The Morgan fingerprint density at radius 2 is 2.12 bits per heavy atom. The summed E-state index contributed by atoms with van der Waals surface area (Å²) in [6.45, 7) is 3.30. The minimum atomic E-state index is 0.555. The summed E-state index contributed by atoms with van der Waals surface area (Å²) in [6.07, 6.45) is 3.76. The highest BCUT2D eigenvalue weighted by Gasteiger charge is 2.29. The Bertz CT molecular complexity index is 361. The molecule has 1 aromatic carbocycles. The molecule has 1 aliphatic rings. The van der Waals surface area contributed by atoms with E-state index in [1.165, 1.54) is 24.1 Å². The lowest BCUT2D eigenvalue weighted by Gasteiger charge is -2.26. The summed E-state index contributed by atoms with van der Waals surface area (Å²) in [5.41, 5.74) is 2.42. The Labute approximate surface area is 107 Å². The van der Waals surface area contributed by atoms with E-state index in [0.29, 0.717) is 11.9 Å². The van der Waals surface area contributed by atoms with Gasteiger partial charge in [0.05, 0.1) is 0 Å². The van der Waals surface area contributed by atoms with Gasteiger partial charge in [0.1, 0.15) is 0 Å². The van der Waals surface area contributed by atoms with Crippen molar-refractivity contribution in [3.05, 3.63) is 28.8 Å². The zero-order chi connectivity index (χ0) is 11.5. The Morgan fingerprint density at radius 1 is 1.38 bits per heavy atom. The second kappa shape index (κ2) is 5.29. The molecule has 0 aromatic heterocycles. The summed E-state index contributed by atoms with van der Waals surface area (Å²) in [4.78, 5) is 2.46. The van der Waals surface area contributed by atoms with E-state index in [-0.39, 0.29) is 0 Å². The standard InChI is InChI=1S/C13H17Cl2N/c1-2-7-16(12-5-6-12)13-8-11(15)4-3-10(13)9-14/h3-4,8,12H,2,5-7,9H2,1H3. The van der Waals surface area contributed by atoms with Crippen LogP contribution in [-0.2, 0) is 5.88 Å². The van der Waals surface area contributed by atoms with Crippen LogP contribution < -0.4 is 4.90 Å². The fourth-order valence-electron chi connectivity index (χ4n) is 2.04. The van der Waals surface area contributed by atoms with Crippen LogP contribution in [0.25, 0.3) is 0 Å². The topological polar surface area (TPSA) is 3.24 Å². The predicted molar refractivity (Wildman–Crippen MR) is 71.7 cm³/mol. The van der Waals surface area contributed by atoms with Gasteiger partial charge in [0.2, 0.25) is 0 Å². The zero-order valence-corrected chi connectivity index (χ0v) is 11.1. The molecule has 0 saturated heterocycles. The van der Waals surface area contributed by atoms with Crippen LogP contribution in [0.15, 0.2) is 18.2 Å². The summed E-state index contributed by atoms with van der Waals surface area (Å²) >= 11 is 12.1. The SMILES string of the molecule is CCCN(c1cc(Cl)ccc1CCl)C1CC1. The molecule has 0 atom stereocenters. The molecule has 0 heterocycles. The minimum absolute atomic E-state index is 0.555. The molecule has 0 spiro atoms. The largest absolute Gasteiger partial charge is 0.368 e. The summed E-state index contributed by atoms with van der Waals surface area (Å²) in [6, 6.07) is 6.71. The first-order valence-corrected chi connectivity index (χ1v) is 6.78. The molecule has 0 aliphatic heterocycles. The number of nitrogens with zero attached hydrogens (tertiary/aromatic N) is 1. The molecule has 1 saturated carbocycles. The molecule has 1 nitrogen and oxygen atoms in total. The molecule has 0 N–H and O–H groups in total. The lowest BCUT2D eigenvalue weighted by Crippen LogP contribution is -2.27. The number of anilines is 1. The van der Waals surface area contributed by atoms with Crippen LogP contribution >= 0.6 is 23.2 Å². The third-order valence-electron chi connectivity index (χ3n) is 2.95. The zero-order valence-electron chi connectivity index (χ0n) is 9.55. The Balaban J connectivity index is 2.30. The van der Waals surface area contributed by atoms with Gasteiger partial charge in [-0.3, -0.25) is 0 Å². The van der Waals surface area contributed by atoms with Gasteiger partial charge < -0.3 is 4.90 Å². The monoisotopic (exact) mass is 257 g/mol. The number of alkyl halides is 1. The fourth-order valence-corrected chi connectivity index (χ4v) is 2.44. The van der Waals surface area contributed by atoms with E-state index in [0.717, 1.165) is 18.0 Å². The van der Waals surface area contributed by atoms with E-state index in [1.54, 1.807) is 0 Å². The summed E-state index contributed by atoms with van der Waals surface area (Å²) in [7, 11) is 0. The smallest absolute Gasteiger partial charge is 0.0494 e. The van der Waals surface area contributed by atoms with Crippen LogP contribution in [0.1, 0.15) is 31.7 Å². The van der Waals surface area contributed by atoms with Gasteiger partial charge in [-0.25, -0.2) is 0 Å². The highest BCUT2D eigenvalue weighted by Crippen LogP contribution is 2.35. The molecule has 0 radical (unpaired) electrons. The van der Waals surface area contributed by atoms with Crippen molar-refractivity contribution in [2.75, 3.05) is 11.4 Å². The average molecular weight is 258 g/mol. The molecule has 0 unspecified atom stereocenters. The molecule has 1 aromatic rings. The third kappa shape index (κ3) is 2.64. The number of hydrogen-bond donors (Lipinski definition) is 0. The van der Waals surface area contributed by atoms with Gasteiger partial charge in [0, 0.05) is 29.2 Å². The fraction of sp³-hybridized carbons (Fsp3) is 0.538. The van der Waals surface area contributed by atoms with Gasteiger partial charge in [0.25, 0.3) is 0 Å². The van der Waals surface area contributed by atoms with Gasteiger partial charge in [0.15, 0.2) is 0 Å². The lowest BCUT2D eigenvalue weighted by molar-refractivity contribution is 0.760. The highest BCUT2D eigenvalue weighted by atomic mass is 35.5. The molecule has 0 amide bonds. The van der Waals surface area contributed by atoms with E-state index >= 15 is 0 Å². The number of benzene rings is 1. The number of hydrogen-bond acceptors (Lipinski definition) is 1. The Kier molecular flexibility index (Phi) is 3.99. The summed E-state index contributed by atoms with van der Waals surface area (Å²) in [5, 5.41) is 0.797. The van der Waals surface area contributed by atoms with E-state index in [4.69, 9.17) is 23.2 Å². The Morgan fingerprint density at radius 3 is 2.69 bits per heavy atom. The first kappa shape index (κ1) is 12.1. The van der Waals surface area contributed by atoms with Gasteiger partial charge >= 0.3 is 0 Å². The number of rotatable bonds is 5. The summed E-state index contributed by atoms with van der Waals surface area (Å²) < 4.78 is 0. The van der Waals surface area contributed by atoms with Crippen molar-refractivity contribution in [3.63, 3.8) is 0 Å². The maximum Gasteiger partial charge on any atom is 0.0494 e. The van der Waals surface area contributed by atoms with Crippen LogP contribution in [0.2, 0.25) is 5.02 Å². The molecule has 0 bridgehead atoms. The molecular weight excluding hydrogens is 241 g/mol. The van der Waals surface area contributed by atoms with E-state index < -0.39 is 0 Å². The van der Waals surface area contributed by atoms with Crippen LogP contribution in [0.3, 0.4) is 0 Å². The lowest BCUT2D eigenvalue weighted by atomic mass is 10.1. The Hall–Kier alpha value is -0.400. The van der Waals surface area contributed by atoms with Crippen molar-refractivity contribution < 1.29 is 0 Å². The van der Waals surface area contributed by atoms with E-state index in [9.17, 15) is 0 Å². The normalized spacial score (nSPS) is 15.2. The van der Waals surface area contributed by atoms with Gasteiger partial charge in [-0.2, -0.15) is 0 Å². The molecule has 3 heteroatoms. The first-order valence-electron chi connectivity index (χ1n) is 5.87. The maximum absolute atomic E-state index is 6.07. The third-order valence-corrected chi connectivity index (χ3v) is 3.48. The molecule has 2 rings (SSSR count). The van der Waals surface area contributed by atoms with Crippen molar-refractivity contribution >= 4 is 28.9 Å². The van der Waals surface area contributed by atoms with E-state index in [1.807, 2.05) is 18.2 Å². The minimum Gasteiger partial charge on any atom is -0.368 e. The molecule has 1 aliphatic carbocycles. The number of halogens is 2. The average Bonchev–Trinajstić information content (AvgIpc) is 3.10. The van der Waals surface area contributed by atoms with Crippen molar-refractivity contribution in [2.24, 2.45) is 0 Å². The highest BCUT2D eigenvalue weighted by molar-refractivity contribution is 6.31.